The third-order valence-electron chi connectivity index (χ3n) is 2.38. The maximum Gasteiger partial charge on any atom is 0.251 e. The number of benzene rings is 1. The molecule has 0 heterocycles. The molecular formula is C12H18Cl2N2O. The fourth-order valence-electron chi connectivity index (χ4n) is 1.22. The summed E-state index contributed by atoms with van der Waals surface area (Å²) in [6, 6.07) is 5.20. The molecule has 17 heavy (non-hydrogen) atoms. The van der Waals surface area contributed by atoms with E-state index in [0.29, 0.717) is 17.1 Å². The van der Waals surface area contributed by atoms with Crippen molar-refractivity contribution in [2.24, 2.45) is 5.73 Å². The van der Waals surface area contributed by atoms with Crippen molar-refractivity contribution < 1.29 is 4.79 Å². The van der Waals surface area contributed by atoms with Gasteiger partial charge in [-0.2, -0.15) is 0 Å². The fourth-order valence-corrected chi connectivity index (χ4v) is 1.33. The first-order chi connectivity index (χ1) is 7.35. The van der Waals surface area contributed by atoms with E-state index < -0.39 is 5.54 Å². The number of carbonyl (C=O) groups excluding carboxylic acids is 1. The van der Waals surface area contributed by atoms with Gasteiger partial charge in [-0.05, 0) is 44.5 Å². The zero-order valence-corrected chi connectivity index (χ0v) is 11.8. The van der Waals surface area contributed by atoms with Crippen molar-refractivity contribution in [2.75, 3.05) is 6.54 Å². The van der Waals surface area contributed by atoms with Crippen molar-refractivity contribution in [3.05, 3.63) is 34.3 Å². The van der Waals surface area contributed by atoms with Gasteiger partial charge in [0.25, 0.3) is 5.91 Å². The lowest BCUT2D eigenvalue weighted by molar-refractivity contribution is 0.0915. The molecule has 96 valence electrons. The van der Waals surface area contributed by atoms with E-state index >= 15 is 0 Å². The van der Waals surface area contributed by atoms with Crippen LogP contribution in [0.4, 0.5) is 0 Å². The molecule has 5 heteroatoms. The van der Waals surface area contributed by atoms with Crippen molar-refractivity contribution in [1.82, 2.24) is 5.32 Å². The van der Waals surface area contributed by atoms with Gasteiger partial charge in [-0.15, -0.1) is 12.4 Å². The molecule has 1 aromatic rings. The van der Waals surface area contributed by atoms with E-state index in [1.165, 1.54) is 0 Å². The van der Waals surface area contributed by atoms with Crippen LogP contribution in [0.3, 0.4) is 0 Å². The highest BCUT2D eigenvalue weighted by molar-refractivity contribution is 6.31. The second-order valence-corrected chi connectivity index (χ2v) is 4.91. The number of hydrogen-bond acceptors (Lipinski definition) is 2. The van der Waals surface area contributed by atoms with Crippen LogP contribution in [0.5, 0.6) is 0 Å². The van der Waals surface area contributed by atoms with Gasteiger partial charge in [0.15, 0.2) is 0 Å². The smallest absolute Gasteiger partial charge is 0.251 e. The topological polar surface area (TPSA) is 55.1 Å². The van der Waals surface area contributed by atoms with Crippen molar-refractivity contribution in [3.63, 3.8) is 0 Å². The van der Waals surface area contributed by atoms with Gasteiger partial charge in [0, 0.05) is 22.7 Å². The lowest BCUT2D eigenvalue weighted by Crippen LogP contribution is -2.48. The van der Waals surface area contributed by atoms with Crippen molar-refractivity contribution in [3.8, 4) is 0 Å². The third-order valence-corrected chi connectivity index (χ3v) is 2.81. The van der Waals surface area contributed by atoms with E-state index in [2.05, 4.69) is 5.32 Å². The number of nitrogens with two attached hydrogens (primary N) is 1. The SMILES string of the molecule is Cc1cc(C(=O)NC(C)(C)CN)ccc1Cl.Cl. The molecule has 0 fully saturated rings. The molecular weight excluding hydrogens is 259 g/mol. The largest absolute Gasteiger partial charge is 0.346 e. The van der Waals surface area contributed by atoms with Crippen LogP contribution in [0.25, 0.3) is 0 Å². The second-order valence-electron chi connectivity index (χ2n) is 4.51. The normalized spacial score (nSPS) is 10.6. The highest BCUT2D eigenvalue weighted by atomic mass is 35.5. The van der Waals surface area contributed by atoms with Crippen molar-refractivity contribution >= 4 is 29.9 Å². The maximum absolute atomic E-state index is 11.9. The summed E-state index contributed by atoms with van der Waals surface area (Å²) in [4.78, 5) is 11.9. The Kier molecular flexibility index (Phi) is 5.96. The summed E-state index contributed by atoms with van der Waals surface area (Å²) in [5, 5.41) is 3.52. The summed E-state index contributed by atoms with van der Waals surface area (Å²) in [5.74, 6) is -0.129. The molecule has 0 aliphatic rings. The Morgan fingerprint density at radius 1 is 1.47 bits per heavy atom. The molecule has 0 saturated heterocycles. The standard InChI is InChI=1S/C12H17ClN2O.ClH/c1-8-6-9(4-5-10(8)13)11(16)15-12(2,3)7-14;/h4-6H,7,14H2,1-3H3,(H,15,16);1H. The minimum absolute atomic E-state index is 0. The predicted molar refractivity (Wildman–Crippen MR) is 74.0 cm³/mol. The predicted octanol–water partition coefficient (Wildman–Crippen LogP) is 2.54. The number of nitrogens with one attached hydrogen (secondary N) is 1. The molecule has 1 rings (SSSR count). The van der Waals surface area contributed by atoms with E-state index in [1.54, 1.807) is 18.2 Å². The first-order valence-electron chi connectivity index (χ1n) is 5.14. The summed E-state index contributed by atoms with van der Waals surface area (Å²) in [5.41, 5.74) is 6.64. The second kappa shape index (κ2) is 6.24. The van der Waals surface area contributed by atoms with Gasteiger partial charge in [0.1, 0.15) is 0 Å². The maximum atomic E-state index is 11.9. The quantitative estimate of drug-likeness (QED) is 0.892. The number of halogens is 2. The third kappa shape index (κ3) is 4.54. The zero-order chi connectivity index (χ0) is 12.3. The van der Waals surface area contributed by atoms with E-state index in [-0.39, 0.29) is 18.3 Å². The van der Waals surface area contributed by atoms with Crippen LogP contribution >= 0.6 is 24.0 Å². The molecule has 0 atom stereocenters. The van der Waals surface area contributed by atoms with Gasteiger partial charge in [0.2, 0.25) is 0 Å². The molecule has 0 saturated carbocycles. The molecule has 0 radical (unpaired) electrons. The van der Waals surface area contributed by atoms with Gasteiger partial charge < -0.3 is 11.1 Å². The molecule has 1 amide bonds. The van der Waals surface area contributed by atoms with Crippen LogP contribution in [0, 0.1) is 6.92 Å². The zero-order valence-electron chi connectivity index (χ0n) is 10.2. The molecule has 3 nitrogen and oxygen atoms in total. The van der Waals surface area contributed by atoms with E-state index in [1.807, 2.05) is 20.8 Å². The van der Waals surface area contributed by atoms with Gasteiger partial charge in [-0.25, -0.2) is 0 Å². The van der Waals surface area contributed by atoms with Gasteiger partial charge >= 0.3 is 0 Å². The number of rotatable bonds is 3. The molecule has 0 aliphatic heterocycles. The van der Waals surface area contributed by atoms with Crippen LogP contribution in [0.15, 0.2) is 18.2 Å². The van der Waals surface area contributed by atoms with Crippen LogP contribution in [-0.4, -0.2) is 18.0 Å². The van der Waals surface area contributed by atoms with Gasteiger partial charge in [-0.3, -0.25) is 4.79 Å². The Labute approximate surface area is 113 Å². The molecule has 1 aromatic carbocycles. The Bertz CT molecular complexity index is 405. The molecule has 0 aromatic heterocycles. The first kappa shape index (κ1) is 16.2. The first-order valence-corrected chi connectivity index (χ1v) is 5.52. The lowest BCUT2D eigenvalue weighted by Gasteiger charge is -2.24. The van der Waals surface area contributed by atoms with E-state index in [0.717, 1.165) is 5.56 Å². The van der Waals surface area contributed by atoms with Gasteiger partial charge in [0.05, 0.1) is 0 Å². The molecule has 0 unspecified atom stereocenters. The number of hydrogen-bond donors (Lipinski definition) is 2. The molecule has 0 aliphatic carbocycles. The number of carbonyl (C=O) groups is 1. The number of aryl methyl sites for hydroxylation is 1. The van der Waals surface area contributed by atoms with Gasteiger partial charge in [-0.1, -0.05) is 11.6 Å². The summed E-state index contributed by atoms with van der Waals surface area (Å²) < 4.78 is 0. The van der Waals surface area contributed by atoms with Crippen molar-refractivity contribution in [1.29, 1.82) is 0 Å². The summed E-state index contributed by atoms with van der Waals surface area (Å²) in [6.45, 7) is 6.03. The Morgan fingerprint density at radius 2 is 2.06 bits per heavy atom. The summed E-state index contributed by atoms with van der Waals surface area (Å²) >= 11 is 5.89. The Hall–Kier alpha value is -0.770. The Morgan fingerprint density at radius 3 is 2.53 bits per heavy atom. The van der Waals surface area contributed by atoms with Crippen LogP contribution in [0.1, 0.15) is 29.8 Å². The minimum Gasteiger partial charge on any atom is -0.346 e. The lowest BCUT2D eigenvalue weighted by atomic mass is 10.0. The molecule has 3 N–H and O–H groups in total. The average Bonchev–Trinajstić information content (AvgIpc) is 2.21. The molecule has 0 spiro atoms. The average molecular weight is 277 g/mol. The van der Waals surface area contributed by atoms with E-state index in [4.69, 9.17) is 17.3 Å². The minimum atomic E-state index is -0.398. The highest BCUT2D eigenvalue weighted by Crippen LogP contribution is 2.16. The van der Waals surface area contributed by atoms with Crippen LogP contribution < -0.4 is 11.1 Å². The Balaban J connectivity index is 0.00000256. The molecule has 0 bridgehead atoms. The van der Waals surface area contributed by atoms with Crippen LogP contribution in [-0.2, 0) is 0 Å². The number of amides is 1. The monoisotopic (exact) mass is 276 g/mol. The highest BCUT2D eigenvalue weighted by Gasteiger charge is 2.19. The summed E-state index contributed by atoms with van der Waals surface area (Å²) in [6.07, 6.45) is 0. The van der Waals surface area contributed by atoms with E-state index in [9.17, 15) is 4.79 Å². The van der Waals surface area contributed by atoms with Crippen LogP contribution in [0.2, 0.25) is 5.02 Å². The fraction of sp³-hybridized carbons (Fsp3) is 0.417. The van der Waals surface area contributed by atoms with Crippen molar-refractivity contribution in [2.45, 2.75) is 26.3 Å². The summed E-state index contributed by atoms with van der Waals surface area (Å²) in [7, 11) is 0.